The van der Waals surface area contributed by atoms with Gasteiger partial charge >= 0.3 is 0 Å². The number of carbonyl (C=O) groups is 1. The van der Waals surface area contributed by atoms with Crippen LogP contribution in [0.25, 0.3) is 22.2 Å². The Morgan fingerprint density at radius 2 is 1.88 bits per heavy atom. The lowest BCUT2D eigenvalue weighted by Crippen LogP contribution is -2.39. The molecule has 1 aromatic heterocycles. The Kier molecular flexibility index (Phi) is 6.01. The van der Waals surface area contributed by atoms with Gasteiger partial charge in [-0.3, -0.25) is 4.79 Å². The fourth-order valence-corrected chi connectivity index (χ4v) is 4.64. The molecule has 1 aliphatic heterocycles. The molecule has 2 heterocycles. The van der Waals surface area contributed by atoms with Crippen molar-refractivity contribution in [2.24, 2.45) is 5.92 Å². The third-order valence-corrected chi connectivity index (χ3v) is 6.49. The molecular weight excluding hydrogens is 436 g/mol. The first kappa shape index (κ1) is 22.1. The largest absolute Gasteiger partial charge is 0.496 e. The highest BCUT2D eigenvalue weighted by molar-refractivity contribution is 5.97. The Labute approximate surface area is 196 Å². The van der Waals surface area contributed by atoms with Gasteiger partial charge < -0.3 is 14.6 Å². The number of aromatic nitrogens is 2. The summed E-state index contributed by atoms with van der Waals surface area (Å²) < 4.78 is 33.1. The summed E-state index contributed by atoms with van der Waals surface area (Å²) in [7, 11) is 1.52. The van der Waals surface area contributed by atoms with Crippen LogP contribution >= 0.6 is 0 Å². The van der Waals surface area contributed by atoms with Crippen LogP contribution < -0.4 is 4.74 Å². The van der Waals surface area contributed by atoms with Gasteiger partial charge in [-0.15, -0.1) is 0 Å². The number of H-pyrrole nitrogens is 1. The number of hydrogen-bond acceptors (Lipinski definition) is 3. The highest BCUT2D eigenvalue weighted by atomic mass is 19.1. The predicted octanol–water partition coefficient (Wildman–Crippen LogP) is 5.61. The second-order valence-electron chi connectivity index (χ2n) is 8.68. The molecule has 0 radical (unpaired) electrons. The van der Waals surface area contributed by atoms with Crippen LogP contribution in [0, 0.1) is 17.6 Å². The minimum Gasteiger partial charge on any atom is -0.496 e. The van der Waals surface area contributed by atoms with E-state index >= 15 is 0 Å². The van der Waals surface area contributed by atoms with E-state index in [-0.39, 0.29) is 17.5 Å². The normalized spacial score (nSPS) is 14.5. The molecule has 1 aliphatic rings. The molecule has 4 aromatic rings. The first-order chi connectivity index (χ1) is 16.5. The van der Waals surface area contributed by atoms with E-state index < -0.39 is 0 Å². The van der Waals surface area contributed by atoms with Crippen LogP contribution in [0.1, 0.15) is 29.0 Å². The van der Waals surface area contributed by atoms with Crippen molar-refractivity contribution in [1.82, 2.24) is 14.9 Å². The number of aromatic amines is 1. The summed E-state index contributed by atoms with van der Waals surface area (Å²) in [5.41, 5.74) is 3.06. The van der Waals surface area contributed by atoms with Crippen LogP contribution in [-0.4, -0.2) is 41.0 Å². The van der Waals surface area contributed by atoms with Gasteiger partial charge in [-0.25, -0.2) is 13.8 Å². The van der Waals surface area contributed by atoms with E-state index in [0.29, 0.717) is 47.0 Å². The molecule has 1 saturated heterocycles. The van der Waals surface area contributed by atoms with Gasteiger partial charge in [-0.1, -0.05) is 24.3 Å². The molecule has 0 spiro atoms. The predicted molar refractivity (Wildman–Crippen MR) is 127 cm³/mol. The molecule has 0 aliphatic carbocycles. The molecule has 34 heavy (non-hydrogen) atoms. The van der Waals surface area contributed by atoms with Crippen molar-refractivity contribution in [2.45, 2.75) is 19.3 Å². The first-order valence-electron chi connectivity index (χ1n) is 11.4. The molecule has 1 N–H and O–H groups in total. The van der Waals surface area contributed by atoms with Gasteiger partial charge in [-0.2, -0.15) is 0 Å². The van der Waals surface area contributed by atoms with E-state index in [1.807, 2.05) is 4.90 Å². The van der Waals surface area contributed by atoms with Gasteiger partial charge in [0.15, 0.2) is 0 Å². The van der Waals surface area contributed by atoms with Crippen LogP contribution in [0.3, 0.4) is 0 Å². The molecule has 0 unspecified atom stereocenters. The molecule has 0 saturated carbocycles. The number of piperidine rings is 1. The van der Waals surface area contributed by atoms with E-state index in [2.05, 4.69) is 9.97 Å². The molecule has 0 atom stereocenters. The molecule has 174 valence electrons. The number of imidazole rings is 1. The van der Waals surface area contributed by atoms with E-state index in [1.54, 1.807) is 42.5 Å². The van der Waals surface area contributed by atoms with E-state index in [1.165, 1.54) is 25.3 Å². The number of nitrogens with zero attached hydrogens (tertiary/aromatic N) is 2. The van der Waals surface area contributed by atoms with Crippen molar-refractivity contribution in [3.05, 3.63) is 83.7 Å². The highest BCUT2D eigenvalue weighted by Crippen LogP contribution is 2.31. The monoisotopic (exact) mass is 461 g/mol. The van der Waals surface area contributed by atoms with Crippen molar-refractivity contribution < 1.29 is 18.3 Å². The Bertz CT molecular complexity index is 1340. The maximum atomic E-state index is 14.2. The zero-order chi connectivity index (χ0) is 23.7. The average molecular weight is 462 g/mol. The fourth-order valence-electron chi connectivity index (χ4n) is 4.64. The summed E-state index contributed by atoms with van der Waals surface area (Å²) in [6.07, 6.45) is 2.47. The number of rotatable bonds is 5. The Morgan fingerprint density at radius 1 is 1.09 bits per heavy atom. The summed E-state index contributed by atoms with van der Waals surface area (Å²) in [5, 5.41) is 0. The maximum absolute atomic E-state index is 14.2. The average Bonchev–Trinajstić information content (AvgIpc) is 3.25. The zero-order valence-electron chi connectivity index (χ0n) is 18.9. The van der Waals surface area contributed by atoms with E-state index in [4.69, 9.17) is 4.74 Å². The van der Waals surface area contributed by atoms with Crippen molar-refractivity contribution >= 4 is 16.9 Å². The number of nitrogens with one attached hydrogen (secondary N) is 1. The van der Waals surface area contributed by atoms with Crippen LogP contribution in [0.15, 0.2) is 60.7 Å². The zero-order valence-corrected chi connectivity index (χ0v) is 18.9. The number of halogens is 2. The van der Waals surface area contributed by atoms with E-state index in [9.17, 15) is 13.6 Å². The van der Waals surface area contributed by atoms with Gasteiger partial charge in [0.05, 0.1) is 23.7 Å². The lowest BCUT2D eigenvalue weighted by Gasteiger charge is -2.32. The molecule has 7 heteroatoms. The summed E-state index contributed by atoms with van der Waals surface area (Å²) in [6.45, 7) is 1.27. The molecule has 5 nitrogen and oxygen atoms in total. The minimum atomic E-state index is -0.319. The van der Waals surface area contributed by atoms with Crippen molar-refractivity contribution in [1.29, 1.82) is 0 Å². The number of methoxy groups -OCH3 is 1. The lowest BCUT2D eigenvalue weighted by molar-refractivity contribution is 0.0686. The van der Waals surface area contributed by atoms with Gasteiger partial charge in [0.1, 0.15) is 23.2 Å². The van der Waals surface area contributed by atoms with Crippen molar-refractivity contribution in [3.8, 4) is 16.9 Å². The van der Waals surface area contributed by atoms with Gasteiger partial charge in [0, 0.05) is 31.1 Å². The van der Waals surface area contributed by atoms with Gasteiger partial charge in [-0.05, 0) is 54.7 Å². The molecular formula is C27H25F2N3O2. The topological polar surface area (TPSA) is 58.2 Å². The quantitative estimate of drug-likeness (QED) is 0.420. The maximum Gasteiger partial charge on any atom is 0.257 e. The number of fused-ring (bicyclic) bond motifs is 1. The Hall–Kier alpha value is -3.74. The van der Waals surface area contributed by atoms with Crippen LogP contribution in [0.2, 0.25) is 0 Å². The third kappa shape index (κ3) is 4.38. The fraction of sp³-hybridized carbons (Fsp3) is 0.259. The Balaban J connectivity index is 1.25. The summed E-state index contributed by atoms with van der Waals surface area (Å²) in [6, 6.07) is 16.3. The lowest BCUT2D eigenvalue weighted by atomic mass is 9.92. The minimum absolute atomic E-state index is 0.0883. The van der Waals surface area contributed by atoms with Crippen LogP contribution in [0.4, 0.5) is 8.78 Å². The second-order valence-corrected chi connectivity index (χ2v) is 8.68. The highest BCUT2D eigenvalue weighted by Gasteiger charge is 2.26. The number of ether oxygens (including phenoxy) is 1. The molecule has 3 aromatic carbocycles. The summed E-state index contributed by atoms with van der Waals surface area (Å²) in [4.78, 5) is 22.8. The SMILES string of the molecule is COc1cc(-c2ccccc2F)ccc1C(=O)N1CCC(Cc2nc3cc(F)ccc3[nH]2)CC1. The van der Waals surface area contributed by atoms with Gasteiger partial charge in [0.2, 0.25) is 0 Å². The first-order valence-corrected chi connectivity index (χ1v) is 11.4. The molecule has 1 amide bonds. The van der Waals surface area contributed by atoms with Gasteiger partial charge in [0.25, 0.3) is 5.91 Å². The second kappa shape index (κ2) is 9.25. The summed E-state index contributed by atoms with van der Waals surface area (Å²) in [5.74, 6) is 0.961. The Morgan fingerprint density at radius 3 is 2.65 bits per heavy atom. The number of carbonyl (C=O) groups excluding carboxylic acids is 1. The molecule has 0 bridgehead atoms. The number of hydrogen-bond donors (Lipinski definition) is 1. The molecule has 5 rings (SSSR count). The molecule has 1 fully saturated rings. The third-order valence-electron chi connectivity index (χ3n) is 6.49. The standard InChI is InChI=1S/C27H25F2N3O2/c1-34-25-15-18(20-4-2-3-5-22(20)29)6-8-21(25)27(33)32-12-10-17(11-13-32)14-26-30-23-9-7-19(28)16-24(23)31-26/h2-9,15-17H,10-14H2,1H3,(H,30,31). The van der Waals surface area contributed by atoms with E-state index in [0.717, 1.165) is 30.6 Å². The summed E-state index contributed by atoms with van der Waals surface area (Å²) >= 11 is 0. The smallest absolute Gasteiger partial charge is 0.257 e. The number of amides is 1. The van der Waals surface area contributed by atoms with Crippen molar-refractivity contribution in [2.75, 3.05) is 20.2 Å². The number of benzene rings is 3. The van der Waals surface area contributed by atoms with Crippen LogP contribution in [0.5, 0.6) is 5.75 Å². The van der Waals surface area contributed by atoms with Crippen molar-refractivity contribution in [3.63, 3.8) is 0 Å². The number of likely N-dealkylation sites (tertiary alicyclic amines) is 1. The van der Waals surface area contributed by atoms with Crippen LogP contribution in [-0.2, 0) is 6.42 Å².